The van der Waals surface area contributed by atoms with E-state index in [-0.39, 0.29) is 16.2 Å². The average molecular weight is 412 g/mol. The number of quaternary nitrogens is 1. The van der Waals surface area contributed by atoms with Gasteiger partial charge in [0.05, 0.1) is 31.1 Å². The Labute approximate surface area is 167 Å². The van der Waals surface area contributed by atoms with Crippen molar-refractivity contribution in [1.29, 1.82) is 0 Å². The first-order valence-electron chi connectivity index (χ1n) is 9.44. The van der Waals surface area contributed by atoms with Gasteiger partial charge >= 0.3 is 6.03 Å². The van der Waals surface area contributed by atoms with E-state index >= 15 is 0 Å². The first kappa shape index (κ1) is 22.3. The van der Waals surface area contributed by atoms with Crippen LogP contribution in [0.25, 0.3) is 0 Å². The fraction of sp³-hybridized carbons (Fsp3) is 0.579. The second-order valence-corrected chi connectivity index (χ2v) is 10.1. The molecule has 1 aliphatic rings. The largest absolute Gasteiger partial charge is 0.341 e. The number of nitrogens with one attached hydrogen (secondary N) is 3. The van der Waals surface area contributed by atoms with Crippen LogP contribution in [0, 0.1) is 0 Å². The molecule has 0 unspecified atom stereocenters. The van der Waals surface area contributed by atoms with Gasteiger partial charge in [-0.25, -0.2) is 13.2 Å². The molecule has 2 rings (SSSR count). The van der Waals surface area contributed by atoms with Crippen LogP contribution in [-0.2, 0) is 20.2 Å². The van der Waals surface area contributed by atoms with Crippen molar-refractivity contribution in [3.63, 3.8) is 0 Å². The summed E-state index contributed by atoms with van der Waals surface area (Å²) in [5, 5.41) is 4.61. The van der Waals surface area contributed by atoms with Crippen LogP contribution in [0.1, 0.15) is 33.3 Å². The summed E-state index contributed by atoms with van der Waals surface area (Å²) in [6.07, 6.45) is 0. The molecular formula is C19H31N4O4S+. The monoisotopic (exact) mass is 411 g/mol. The molecule has 0 bridgehead atoms. The Morgan fingerprint density at radius 1 is 1.11 bits per heavy atom. The van der Waals surface area contributed by atoms with Gasteiger partial charge in [0.25, 0.3) is 5.91 Å². The summed E-state index contributed by atoms with van der Waals surface area (Å²) < 4.78 is 27.3. The summed E-state index contributed by atoms with van der Waals surface area (Å²) in [4.78, 5) is 24.6. The lowest BCUT2D eigenvalue weighted by molar-refractivity contribution is -0.917. The van der Waals surface area contributed by atoms with E-state index in [0.717, 1.165) is 10.5 Å². The Morgan fingerprint density at radius 3 is 2.11 bits per heavy atom. The Kier molecular flexibility index (Phi) is 6.84. The molecule has 0 aromatic heterocycles. The molecule has 9 heteroatoms. The number of benzene rings is 1. The van der Waals surface area contributed by atoms with Crippen LogP contribution >= 0.6 is 0 Å². The molecule has 0 radical (unpaired) electrons. The minimum absolute atomic E-state index is 0.0390. The predicted octanol–water partition coefficient (Wildman–Crippen LogP) is -0.283. The van der Waals surface area contributed by atoms with Crippen molar-refractivity contribution in [3.05, 3.63) is 29.8 Å². The summed E-state index contributed by atoms with van der Waals surface area (Å²) in [6.45, 7) is 9.65. The molecule has 1 aromatic carbocycles. The van der Waals surface area contributed by atoms with Crippen LogP contribution in [-0.4, -0.2) is 63.9 Å². The highest BCUT2D eigenvalue weighted by molar-refractivity contribution is 7.89. The van der Waals surface area contributed by atoms with Gasteiger partial charge < -0.3 is 10.2 Å². The standard InChI is InChI=1S/C19H30N4O4S/c1-14(17(24)21-18(25)20-5)22-10-12-23(13-11-22)28(26,27)16-8-6-15(7-9-16)19(2,3)4/h6-9,14H,10-13H2,1-5H3,(H2,20,21,24,25)/p+1/t14-/m0/s1. The molecule has 28 heavy (non-hydrogen) atoms. The fourth-order valence-electron chi connectivity index (χ4n) is 3.19. The van der Waals surface area contributed by atoms with Crippen molar-refractivity contribution in [2.75, 3.05) is 33.2 Å². The molecule has 1 heterocycles. The number of urea groups is 1. The van der Waals surface area contributed by atoms with Gasteiger partial charge in [-0.05, 0) is 30.0 Å². The van der Waals surface area contributed by atoms with Gasteiger partial charge in [0.2, 0.25) is 10.0 Å². The summed E-state index contributed by atoms with van der Waals surface area (Å²) >= 11 is 0. The second-order valence-electron chi connectivity index (χ2n) is 8.13. The van der Waals surface area contributed by atoms with Crippen LogP contribution in [0.15, 0.2) is 29.2 Å². The average Bonchev–Trinajstić information content (AvgIpc) is 2.66. The van der Waals surface area contributed by atoms with E-state index in [1.807, 2.05) is 12.1 Å². The minimum Gasteiger partial charge on any atom is -0.341 e. The summed E-state index contributed by atoms with van der Waals surface area (Å²) in [6, 6.07) is 6.06. The highest BCUT2D eigenvalue weighted by Crippen LogP contribution is 2.24. The second kappa shape index (κ2) is 8.59. The molecule has 3 amide bonds. The molecule has 1 fully saturated rings. The van der Waals surface area contributed by atoms with Gasteiger partial charge in [0.15, 0.2) is 6.04 Å². The van der Waals surface area contributed by atoms with E-state index in [2.05, 4.69) is 31.4 Å². The maximum absolute atomic E-state index is 12.9. The van der Waals surface area contributed by atoms with E-state index in [1.165, 1.54) is 11.4 Å². The highest BCUT2D eigenvalue weighted by Gasteiger charge is 2.34. The summed E-state index contributed by atoms with van der Waals surface area (Å²) in [5.41, 5.74) is 1.04. The van der Waals surface area contributed by atoms with Crippen LogP contribution in [0.3, 0.4) is 0 Å². The molecule has 8 nitrogen and oxygen atoms in total. The van der Waals surface area contributed by atoms with Gasteiger partial charge in [-0.2, -0.15) is 4.31 Å². The van der Waals surface area contributed by atoms with Crippen molar-refractivity contribution < 1.29 is 22.9 Å². The van der Waals surface area contributed by atoms with E-state index in [9.17, 15) is 18.0 Å². The third kappa shape index (κ3) is 5.09. The lowest BCUT2D eigenvalue weighted by atomic mass is 9.87. The SMILES string of the molecule is CNC(=O)NC(=O)[C@H](C)[NH+]1CCN(S(=O)(=O)c2ccc(C(C)(C)C)cc2)CC1. The van der Waals surface area contributed by atoms with Crippen molar-refractivity contribution >= 4 is 22.0 Å². The summed E-state index contributed by atoms with van der Waals surface area (Å²) in [5.74, 6) is -0.372. The number of hydrogen-bond acceptors (Lipinski definition) is 4. The number of piperazine rings is 1. The third-order valence-electron chi connectivity index (χ3n) is 5.19. The zero-order valence-electron chi connectivity index (χ0n) is 17.2. The quantitative estimate of drug-likeness (QED) is 0.634. The van der Waals surface area contributed by atoms with Crippen molar-refractivity contribution in [3.8, 4) is 0 Å². The first-order chi connectivity index (χ1) is 13.0. The Balaban J connectivity index is 2.01. The zero-order chi connectivity index (χ0) is 21.1. The number of amides is 3. The van der Waals surface area contributed by atoms with Gasteiger partial charge in [-0.1, -0.05) is 32.9 Å². The minimum atomic E-state index is -3.56. The Morgan fingerprint density at radius 2 is 1.64 bits per heavy atom. The highest BCUT2D eigenvalue weighted by atomic mass is 32.2. The van der Waals surface area contributed by atoms with E-state index in [4.69, 9.17) is 0 Å². The lowest BCUT2D eigenvalue weighted by Crippen LogP contribution is -3.19. The van der Waals surface area contributed by atoms with Crippen LogP contribution < -0.4 is 15.5 Å². The van der Waals surface area contributed by atoms with E-state index < -0.39 is 22.1 Å². The molecule has 1 atom stereocenters. The molecule has 1 aromatic rings. The van der Waals surface area contributed by atoms with Crippen molar-refractivity contribution in [2.45, 2.75) is 44.0 Å². The van der Waals surface area contributed by atoms with Gasteiger partial charge in [-0.15, -0.1) is 0 Å². The van der Waals surface area contributed by atoms with Crippen molar-refractivity contribution in [1.82, 2.24) is 14.9 Å². The fourth-order valence-corrected chi connectivity index (χ4v) is 4.63. The molecule has 1 aliphatic heterocycles. The number of carbonyl (C=O) groups is 2. The molecule has 0 aliphatic carbocycles. The number of imide groups is 1. The normalized spacial score (nSPS) is 17.8. The van der Waals surface area contributed by atoms with Crippen molar-refractivity contribution in [2.24, 2.45) is 0 Å². The van der Waals surface area contributed by atoms with Gasteiger partial charge in [0.1, 0.15) is 0 Å². The molecular weight excluding hydrogens is 380 g/mol. The maximum Gasteiger partial charge on any atom is 0.321 e. The van der Waals surface area contributed by atoms with Crippen LogP contribution in [0.5, 0.6) is 0 Å². The topological polar surface area (TPSA) is 100 Å². The summed E-state index contributed by atoms with van der Waals surface area (Å²) in [7, 11) is -2.12. The van der Waals surface area contributed by atoms with E-state index in [0.29, 0.717) is 26.2 Å². The van der Waals surface area contributed by atoms with Gasteiger partial charge in [-0.3, -0.25) is 10.1 Å². The smallest absolute Gasteiger partial charge is 0.321 e. The van der Waals surface area contributed by atoms with Crippen LogP contribution in [0.2, 0.25) is 0 Å². The number of sulfonamides is 1. The maximum atomic E-state index is 12.9. The number of hydrogen-bond donors (Lipinski definition) is 3. The Hall–Kier alpha value is -1.97. The van der Waals surface area contributed by atoms with E-state index in [1.54, 1.807) is 19.1 Å². The Bertz CT molecular complexity index is 807. The number of rotatable bonds is 4. The molecule has 3 N–H and O–H groups in total. The molecule has 1 saturated heterocycles. The predicted molar refractivity (Wildman–Crippen MR) is 107 cm³/mol. The molecule has 0 spiro atoms. The third-order valence-corrected chi connectivity index (χ3v) is 7.11. The first-order valence-corrected chi connectivity index (χ1v) is 10.9. The molecule has 156 valence electrons. The van der Waals surface area contributed by atoms with Gasteiger partial charge in [0, 0.05) is 7.05 Å². The van der Waals surface area contributed by atoms with Crippen LogP contribution in [0.4, 0.5) is 4.79 Å². The lowest BCUT2D eigenvalue weighted by Gasteiger charge is -2.34. The number of nitrogens with zero attached hydrogens (tertiary/aromatic N) is 1. The zero-order valence-corrected chi connectivity index (χ0v) is 18.0. The number of carbonyl (C=O) groups excluding carboxylic acids is 2. The molecule has 0 saturated carbocycles.